The Morgan fingerprint density at radius 2 is 1.86 bits per heavy atom. The van der Waals surface area contributed by atoms with E-state index in [0.717, 1.165) is 0 Å². The zero-order chi connectivity index (χ0) is 15.7. The van der Waals surface area contributed by atoms with Crippen LogP contribution in [0.1, 0.15) is 10.4 Å². The Hall–Kier alpha value is -3.02. The zero-order valence-electron chi connectivity index (χ0n) is 12.0. The molecule has 3 aromatic rings. The molecule has 0 unspecified atom stereocenters. The molecule has 0 aliphatic heterocycles. The number of carboxylic acid groups (broad SMARTS) is 1. The number of nitrogens with zero attached hydrogens (tertiary/aromatic N) is 1. The lowest BCUT2D eigenvalue weighted by Crippen LogP contribution is -1.94. The van der Waals surface area contributed by atoms with Crippen LogP contribution in [0.4, 0.5) is 0 Å². The van der Waals surface area contributed by atoms with Crippen molar-refractivity contribution < 1.29 is 23.8 Å². The summed E-state index contributed by atoms with van der Waals surface area (Å²) in [4.78, 5) is 15.3. The number of oxazole rings is 1. The number of hydrogen-bond donors (Lipinski definition) is 1. The number of fused-ring (bicyclic) bond motifs is 1. The van der Waals surface area contributed by atoms with Crippen LogP contribution in [0, 0.1) is 0 Å². The molecular formula is C16H13NO5. The van der Waals surface area contributed by atoms with E-state index in [4.69, 9.17) is 19.0 Å². The van der Waals surface area contributed by atoms with E-state index in [0.29, 0.717) is 34.1 Å². The van der Waals surface area contributed by atoms with Crippen molar-refractivity contribution in [2.24, 2.45) is 0 Å². The maximum atomic E-state index is 11.0. The lowest BCUT2D eigenvalue weighted by Gasteiger charge is -2.07. The molecule has 1 N–H and O–H groups in total. The third-order valence-corrected chi connectivity index (χ3v) is 3.27. The van der Waals surface area contributed by atoms with Gasteiger partial charge in [-0.2, -0.15) is 0 Å². The second-order valence-corrected chi connectivity index (χ2v) is 4.58. The first-order valence-electron chi connectivity index (χ1n) is 6.48. The Bertz CT molecular complexity index is 853. The quantitative estimate of drug-likeness (QED) is 0.796. The summed E-state index contributed by atoms with van der Waals surface area (Å²) in [7, 11) is 3.11. The summed E-state index contributed by atoms with van der Waals surface area (Å²) in [5, 5.41) is 9.00. The van der Waals surface area contributed by atoms with Gasteiger partial charge in [0.1, 0.15) is 5.52 Å². The standard InChI is InChI=1S/C16H13NO5/c1-20-12-6-4-9(7-14(12)21-2)15-17-11-5-3-10(16(18)19)8-13(11)22-15/h3-8H,1-2H3,(H,18,19). The molecule has 0 fully saturated rings. The van der Waals surface area contributed by atoms with Crippen LogP contribution in [0.15, 0.2) is 40.8 Å². The van der Waals surface area contributed by atoms with Gasteiger partial charge in [-0.05, 0) is 36.4 Å². The Morgan fingerprint density at radius 3 is 2.55 bits per heavy atom. The highest BCUT2D eigenvalue weighted by Crippen LogP contribution is 2.33. The van der Waals surface area contributed by atoms with E-state index in [1.807, 2.05) is 0 Å². The first-order chi connectivity index (χ1) is 10.6. The molecule has 0 bridgehead atoms. The second-order valence-electron chi connectivity index (χ2n) is 4.58. The summed E-state index contributed by atoms with van der Waals surface area (Å²) >= 11 is 0. The van der Waals surface area contributed by atoms with Gasteiger partial charge in [-0.1, -0.05) is 0 Å². The van der Waals surface area contributed by atoms with Crippen molar-refractivity contribution >= 4 is 17.1 Å². The van der Waals surface area contributed by atoms with Crippen LogP contribution < -0.4 is 9.47 Å². The predicted octanol–water partition coefficient (Wildman–Crippen LogP) is 3.21. The number of aromatic carboxylic acids is 1. The minimum atomic E-state index is -1.01. The number of methoxy groups -OCH3 is 2. The molecule has 6 heteroatoms. The Labute approximate surface area is 125 Å². The second kappa shape index (κ2) is 5.40. The molecule has 0 aliphatic carbocycles. The molecule has 0 aliphatic rings. The molecule has 0 saturated heterocycles. The SMILES string of the molecule is COc1ccc(-c2nc3ccc(C(=O)O)cc3o2)cc1OC. The third kappa shape index (κ3) is 2.35. The van der Waals surface area contributed by atoms with Crippen molar-refractivity contribution in [3.63, 3.8) is 0 Å². The molecule has 0 amide bonds. The number of ether oxygens (including phenoxy) is 2. The number of rotatable bonds is 4. The van der Waals surface area contributed by atoms with Gasteiger partial charge in [0.05, 0.1) is 19.8 Å². The predicted molar refractivity (Wildman–Crippen MR) is 79.5 cm³/mol. The van der Waals surface area contributed by atoms with Crippen LogP contribution in [0.2, 0.25) is 0 Å². The van der Waals surface area contributed by atoms with E-state index in [9.17, 15) is 4.79 Å². The number of carboxylic acids is 1. The molecule has 6 nitrogen and oxygen atoms in total. The average Bonchev–Trinajstić information content (AvgIpc) is 2.97. The van der Waals surface area contributed by atoms with Crippen LogP contribution in [0.3, 0.4) is 0 Å². The Morgan fingerprint density at radius 1 is 1.09 bits per heavy atom. The highest BCUT2D eigenvalue weighted by atomic mass is 16.5. The number of aromatic nitrogens is 1. The van der Waals surface area contributed by atoms with Gasteiger partial charge in [0.2, 0.25) is 5.89 Å². The summed E-state index contributed by atoms with van der Waals surface area (Å²) in [5.74, 6) is 0.550. The summed E-state index contributed by atoms with van der Waals surface area (Å²) in [6.45, 7) is 0. The van der Waals surface area contributed by atoms with Crippen molar-refractivity contribution in [3.8, 4) is 23.0 Å². The number of carbonyl (C=O) groups is 1. The van der Waals surface area contributed by atoms with Gasteiger partial charge in [-0.15, -0.1) is 0 Å². The largest absolute Gasteiger partial charge is 0.493 e. The summed E-state index contributed by atoms with van der Waals surface area (Å²) in [6, 6.07) is 9.87. The van der Waals surface area contributed by atoms with Crippen molar-refractivity contribution in [1.82, 2.24) is 4.98 Å². The molecule has 0 atom stereocenters. The van der Waals surface area contributed by atoms with Gasteiger partial charge in [-0.25, -0.2) is 9.78 Å². The summed E-state index contributed by atoms with van der Waals surface area (Å²) < 4.78 is 16.1. The molecule has 2 aromatic carbocycles. The summed E-state index contributed by atoms with van der Waals surface area (Å²) in [6.07, 6.45) is 0. The molecule has 112 valence electrons. The van der Waals surface area contributed by atoms with Gasteiger partial charge in [-0.3, -0.25) is 0 Å². The fraction of sp³-hybridized carbons (Fsp3) is 0.125. The third-order valence-electron chi connectivity index (χ3n) is 3.27. The smallest absolute Gasteiger partial charge is 0.335 e. The zero-order valence-corrected chi connectivity index (χ0v) is 12.0. The van der Waals surface area contributed by atoms with E-state index in [2.05, 4.69) is 4.98 Å². The minimum absolute atomic E-state index is 0.155. The van der Waals surface area contributed by atoms with Gasteiger partial charge >= 0.3 is 5.97 Å². The number of hydrogen-bond acceptors (Lipinski definition) is 5. The van der Waals surface area contributed by atoms with Crippen molar-refractivity contribution in [1.29, 1.82) is 0 Å². The van der Waals surface area contributed by atoms with Crippen molar-refractivity contribution in [2.75, 3.05) is 14.2 Å². The van der Waals surface area contributed by atoms with E-state index < -0.39 is 5.97 Å². The Balaban J connectivity index is 2.08. The molecule has 22 heavy (non-hydrogen) atoms. The first-order valence-corrected chi connectivity index (χ1v) is 6.48. The maximum Gasteiger partial charge on any atom is 0.335 e. The highest BCUT2D eigenvalue weighted by Gasteiger charge is 2.13. The lowest BCUT2D eigenvalue weighted by molar-refractivity contribution is 0.0697. The van der Waals surface area contributed by atoms with E-state index in [1.54, 1.807) is 38.5 Å². The monoisotopic (exact) mass is 299 g/mol. The van der Waals surface area contributed by atoms with Crippen LogP contribution in [0.25, 0.3) is 22.6 Å². The fourth-order valence-corrected chi connectivity index (χ4v) is 2.15. The van der Waals surface area contributed by atoms with Crippen LogP contribution >= 0.6 is 0 Å². The fourth-order valence-electron chi connectivity index (χ4n) is 2.15. The van der Waals surface area contributed by atoms with Gasteiger partial charge in [0.25, 0.3) is 0 Å². The van der Waals surface area contributed by atoms with Crippen molar-refractivity contribution in [2.45, 2.75) is 0 Å². The molecule has 1 heterocycles. The molecule has 0 saturated carbocycles. The molecule has 3 rings (SSSR count). The molecular weight excluding hydrogens is 286 g/mol. The lowest BCUT2D eigenvalue weighted by atomic mass is 10.2. The number of benzene rings is 2. The van der Waals surface area contributed by atoms with E-state index >= 15 is 0 Å². The topological polar surface area (TPSA) is 81.8 Å². The first kappa shape index (κ1) is 13.9. The minimum Gasteiger partial charge on any atom is -0.493 e. The van der Waals surface area contributed by atoms with E-state index in [1.165, 1.54) is 12.1 Å². The summed E-state index contributed by atoms with van der Waals surface area (Å²) in [5.41, 5.74) is 1.88. The van der Waals surface area contributed by atoms with Gasteiger partial charge in [0.15, 0.2) is 17.1 Å². The van der Waals surface area contributed by atoms with Crippen LogP contribution in [-0.2, 0) is 0 Å². The van der Waals surface area contributed by atoms with Crippen LogP contribution in [-0.4, -0.2) is 30.3 Å². The Kier molecular flexibility index (Phi) is 3.42. The maximum absolute atomic E-state index is 11.0. The highest BCUT2D eigenvalue weighted by molar-refractivity contribution is 5.92. The molecule has 0 spiro atoms. The van der Waals surface area contributed by atoms with E-state index in [-0.39, 0.29) is 5.56 Å². The normalized spacial score (nSPS) is 10.6. The average molecular weight is 299 g/mol. The van der Waals surface area contributed by atoms with Gasteiger partial charge < -0.3 is 19.0 Å². The van der Waals surface area contributed by atoms with Gasteiger partial charge in [0, 0.05) is 5.56 Å². The molecule has 0 radical (unpaired) electrons. The molecule has 1 aromatic heterocycles. The van der Waals surface area contributed by atoms with Crippen molar-refractivity contribution in [3.05, 3.63) is 42.0 Å². The van der Waals surface area contributed by atoms with Crippen LogP contribution in [0.5, 0.6) is 11.5 Å².